The van der Waals surface area contributed by atoms with Gasteiger partial charge in [-0.15, -0.1) is 0 Å². The van der Waals surface area contributed by atoms with Crippen LogP contribution < -0.4 is 4.90 Å². The van der Waals surface area contributed by atoms with Gasteiger partial charge in [-0.25, -0.2) is 9.97 Å². The van der Waals surface area contributed by atoms with Crippen LogP contribution in [0.5, 0.6) is 0 Å². The minimum Gasteiger partial charge on any atom is -0.483 e. The van der Waals surface area contributed by atoms with E-state index in [0.717, 1.165) is 42.3 Å². The highest BCUT2D eigenvalue weighted by Gasteiger charge is 2.29. The van der Waals surface area contributed by atoms with Crippen molar-refractivity contribution in [2.24, 2.45) is 5.41 Å². The van der Waals surface area contributed by atoms with Crippen molar-refractivity contribution < 1.29 is 15.0 Å². The summed E-state index contributed by atoms with van der Waals surface area (Å²) in [5.74, 6) is 0.804. The molecule has 0 aromatic carbocycles. The third kappa shape index (κ3) is 9.08. The molecule has 3 heterocycles. The van der Waals surface area contributed by atoms with Crippen LogP contribution in [0.4, 0.5) is 5.69 Å². The Labute approximate surface area is 199 Å². The molecule has 0 unspecified atom stereocenters. The van der Waals surface area contributed by atoms with E-state index in [1.54, 1.807) is 20.8 Å². The number of hydrogen-bond donors (Lipinski definition) is 2. The van der Waals surface area contributed by atoms with Crippen molar-refractivity contribution in [2.75, 3.05) is 18.0 Å². The third-order valence-corrected chi connectivity index (χ3v) is 5.51. The molecule has 0 aliphatic carbocycles. The van der Waals surface area contributed by atoms with Crippen LogP contribution in [0.15, 0.2) is 12.4 Å². The van der Waals surface area contributed by atoms with Gasteiger partial charge in [-0.1, -0.05) is 20.8 Å². The van der Waals surface area contributed by atoms with E-state index >= 15 is 0 Å². The van der Waals surface area contributed by atoms with Gasteiger partial charge in [0.15, 0.2) is 0 Å². The average molecular weight is 459 g/mol. The van der Waals surface area contributed by atoms with Crippen molar-refractivity contribution >= 4 is 12.2 Å². The zero-order valence-corrected chi connectivity index (χ0v) is 21.9. The van der Waals surface area contributed by atoms with E-state index in [-0.39, 0.29) is 6.47 Å². The number of anilines is 1. The molecule has 0 amide bonds. The fraction of sp³-hybridized carbons (Fsp3) is 0.615. The van der Waals surface area contributed by atoms with Gasteiger partial charge in [0.05, 0.1) is 11.3 Å². The van der Waals surface area contributed by atoms with Gasteiger partial charge in [0.2, 0.25) is 0 Å². The van der Waals surface area contributed by atoms with Crippen molar-refractivity contribution in [2.45, 2.75) is 87.2 Å². The number of aliphatic hydroxyl groups is 1. The first kappa shape index (κ1) is 28.5. The number of aryl methyl sites for hydroxylation is 3. The Balaban J connectivity index is 0.000000591. The fourth-order valence-electron chi connectivity index (χ4n) is 3.84. The molecule has 1 saturated heterocycles. The van der Waals surface area contributed by atoms with Gasteiger partial charge in [-0.2, -0.15) is 0 Å². The van der Waals surface area contributed by atoms with Crippen molar-refractivity contribution in [3.05, 3.63) is 35.2 Å². The second kappa shape index (κ2) is 12.1. The van der Waals surface area contributed by atoms with Crippen LogP contribution in [0.25, 0.3) is 11.1 Å². The molecule has 1 aliphatic rings. The first-order chi connectivity index (χ1) is 15.2. The van der Waals surface area contributed by atoms with E-state index in [2.05, 4.69) is 49.5 Å². The molecule has 2 N–H and O–H groups in total. The number of pyridine rings is 1. The van der Waals surface area contributed by atoms with Crippen molar-refractivity contribution in [3.63, 3.8) is 0 Å². The molecule has 2 aromatic heterocycles. The molecule has 3 rings (SSSR count). The Kier molecular flexibility index (Phi) is 10.4. The zero-order valence-electron chi connectivity index (χ0n) is 21.9. The number of nitrogens with zero attached hydrogens (tertiary/aromatic N) is 4. The van der Waals surface area contributed by atoms with Crippen LogP contribution in [-0.2, 0) is 11.2 Å². The minimum absolute atomic E-state index is 0.250. The standard InChI is InChI=1S/C21H30N4.C4H10O.CH2O2/c1-7-18-14(2)24-15(3)19(17-12-22-16(4)23-13-17)20(18)25-10-8-21(5,6)9-11-25;1-4(2,3)5;2-1-3/h12-13H,7-11H2,1-6H3;5H,1-3H3;1H,(H,2,3). The van der Waals surface area contributed by atoms with Gasteiger partial charge in [0.25, 0.3) is 6.47 Å². The molecule has 7 nitrogen and oxygen atoms in total. The van der Waals surface area contributed by atoms with Gasteiger partial charge < -0.3 is 15.1 Å². The van der Waals surface area contributed by atoms with Crippen LogP contribution in [0.2, 0.25) is 0 Å². The van der Waals surface area contributed by atoms with Crippen LogP contribution >= 0.6 is 0 Å². The van der Waals surface area contributed by atoms with E-state index < -0.39 is 5.60 Å². The predicted octanol–water partition coefficient (Wildman–Crippen LogP) is 5.13. The van der Waals surface area contributed by atoms with E-state index in [0.29, 0.717) is 5.41 Å². The van der Waals surface area contributed by atoms with Gasteiger partial charge >= 0.3 is 0 Å². The lowest BCUT2D eigenvalue weighted by Crippen LogP contribution is -2.38. The lowest BCUT2D eigenvalue weighted by Gasteiger charge is -2.40. The molecule has 2 aromatic rings. The smallest absolute Gasteiger partial charge is 0.290 e. The maximum Gasteiger partial charge on any atom is 0.290 e. The zero-order chi connectivity index (χ0) is 25.4. The molecule has 0 saturated carbocycles. The average Bonchev–Trinajstić information content (AvgIpc) is 2.68. The second-order valence-electron chi connectivity index (χ2n) is 10.3. The monoisotopic (exact) mass is 458 g/mol. The quantitative estimate of drug-likeness (QED) is 0.615. The summed E-state index contributed by atoms with van der Waals surface area (Å²) in [6, 6.07) is 0. The maximum atomic E-state index is 8.52. The van der Waals surface area contributed by atoms with Gasteiger partial charge in [-0.05, 0) is 71.8 Å². The van der Waals surface area contributed by atoms with E-state index in [4.69, 9.17) is 20.0 Å². The third-order valence-electron chi connectivity index (χ3n) is 5.51. The summed E-state index contributed by atoms with van der Waals surface area (Å²) in [5.41, 5.74) is 7.16. The topological polar surface area (TPSA) is 99.4 Å². The summed E-state index contributed by atoms with van der Waals surface area (Å²) in [5, 5.41) is 15.4. The Morgan fingerprint density at radius 2 is 1.52 bits per heavy atom. The normalized spacial score (nSPS) is 15.0. The number of carboxylic acid groups (broad SMARTS) is 1. The first-order valence-corrected chi connectivity index (χ1v) is 11.6. The van der Waals surface area contributed by atoms with Gasteiger partial charge in [-0.3, -0.25) is 9.78 Å². The number of aromatic nitrogens is 3. The molecular formula is C26H42N4O3. The lowest BCUT2D eigenvalue weighted by molar-refractivity contribution is -0.122. The number of rotatable bonds is 3. The van der Waals surface area contributed by atoms with Crippen LogP contribution in [0.1, 0.15) is 77.2 Å². The highest BCUT2D eigenvalue weighted by molar-refractivity contribution is 5.82. The second-order valence-corrected chi connectivity index (χ2v) is 10.3. The Hall–Kier alpha value is -2.54. The Morgan fingerprint density at radius 1 is 1.06 bits per heavy atom. The Morgan fingerprint density at radius 3 is 1.94 bits per heavy atom. The van der Waals surface area contributed by atoms with E-state index in [1.807, 2.05) is 19.3 Å². The molecule has 0 spiro atoms. The maximum absolute atomic E-state index is 8.52. The SMILES string of the molecule is CC(C)(C)O.CCc1c(C)nc(C)c(-c2cnc(C)nc2)c1N1CCC(C)(C)CC1.O=CO. The summed E-state index contributed by atoms with van der Waals surface area (Å²) in [6.45, 7) is 20.3. The van der Waals surface area contributed by atoms with Crippen molar-refractivity contribution in [1.82, 2.24) is 15.0 Å². The summed E-state index contributed by atoms with van der Waals surface area (Å²) < 4.78 is 0. The van der Waals surface area contributed by atoms with E-state index in [9.17, 15) is 0 Å². The number of carbonyl (C=O) groups is 1. The predicted molar refractivity (Wildman–Crippen MR) is 135 cm³/mol. The van der Waals surface area contributed by atoms with Crippen molar-refractivity contribution in [1.29, 1.82) is 0 Å². The highest BCUT2D eigenvalue weighted by Crippen LogP contribution is 2.41. The van der Waals surface area contributed by atoms with Gasteiger partial charge in [0, 0.05) is 48.0 Å². The summed E-state index contributed by atoms with van der Waals surface area (Å²) in [7, 11) is 0. The highest BCUT2D eigenvalue weighted by atomic mass is 16.3. The van der Waals surface area contributed by atoms with Crippen LogP contribution in [0, 0.1) is 26.2 Å². The number of hydrogen-bond acceptors (Lipinski definition) is 6. The molecule has 1 fully saturated rings. The largest absolute Gasteiger partial charge is 0.483 e. The van der Waals surface area contributed by atoms with Crippen LogP contribution in [0.3, 0.4) is 0 Å². The fourth-order valence-corrected chi connectivity index (χ4v) is 3.84. The number of piperidine rings is 1. The molecule has 0 radical (unpaired) electrons. The van der Waals surface area contributed by atoms with Crippen LogP contribution in [-0.4, -0.2) is 50.3 Å². The molecule has 1 aliphatic heterocycles. The Bertz CT molecular complexity index is 887. The minimum atomic E-state index is -0.500. The van der Waals surface area contributed by atoms with Gasteiger partial charge in [0.1, 0.15) is 5.82 Å². The molecular weight excluding hydrogens is 416 g/mol. The molecule has 0 atom stereocenters. The first-order valence-electron chi connectivity index (χ1n) is 11.6. The molecule has 7 heteroatoms. The van der Waals surface area contributed by atoms with E-state index in [1.165, 1.54) is 29.7 Å². The summed E-state index contributed by atoms with van der Waals surface area (Å²) in [6.07, 6.45) is 7.33. The molecule has 33 heavy (non-hydrogen) atoms. The summed E-state index contributed by atoms with van der Waals surface area (Å²) in [4.78, 5) is 24.6. The lowest BCUT2D eigenvalue weighted by atomic mass is 9.82. The molecule has 0 bridgehead atoms. The molecule has 184 valence electrons. The summed E-state index contributed by atoms with van der Waals surface area (Å²) >= 11 is 0. The van der Waals surface area contributed by atoms with Crippen molar-refractivity contribution in [3.8, 4) is 11.1 Å².